The van der Waals surface area contributed by atoms with Gasteiger partial charge < -0.3 is 4.74 Å². The maximum absolute atomic E-state index is 11.8. The average molecular weight is 310 g/mol. The van der Waals surface area contributed by atoms with Crippen molar-refractivity contribution in [3.05, 3.63) is 48.9 Å². The molecule has 0 radical (unpaired) electrons. The van der Waals surface area contributed by atoms with E-state index in [1.165, 1.54) is 0 Å². The maximum atomic E-state index is 11.8. The van der Waals surface area contributed by atoms with Gasteiger partial charge in [0.05, 0.1) is 17.4 Å². The fourth-order valence-corrected chi connectivity index (χ4v) is 2.15. The molecule has 118 valence electrons. The van der Waals surface area contributed by atoms with Crippen LogP contribution in [0.4, 0.5) is 10.5 Å². The van der Waals surface area contributed by atoms with Crippen molar-refractivity contribution in [3.63, 3.8) is 0 Å². The molecule has 3 rings (SSSR count). The molecule has 0 saturated carbocycles. The third-order valence-corrected chi connectivity index (χ3v) is 3.06. The van der Waals surface area contributed by atoms with Crippen LogP contribution in [0.25, 0.3) is 16.6 Å². The highest BCUT2D eigenvalue weighted by molar-refractivity contribution is 5.90. The van der Waals surface area contributed by atoms with Crippen LogP contribution in [0, 0.1) is 0 Å². The number of anilines is 1. The summed E-state index contributed by atoms with van der Waals surface area (Å²) in [4.78, 5) is 15.9. The van der Waals surface area contributed by atoms with E-state index < -0.39 is 11.7 Å². The van der Waals surface area contributed by atoms with E-state index in [-0.39, 0.29) is 0 Å². The van der Waals surface area contributed by atoms with Gasteiger partial charge in [-0.15, -0.1) is 0 Å². The third kappa shape index (κ3) is 3.66. The number of fused-ring (bicyclic) bond motifs is 1. The predicted octanol–water partition coefficient (Wildman–Crippen LogP) is 3.77. The number of amides is 1. The van der Waals surface area contributed by atoms with Gasteiger partial charge in [-0.1, -0.05) is 0 Å². The van der Waals surface area contributed by atoms with Gasteiger partial charge in [-0.2, -0.15) is 5.10 Å². The Labute approximate surface area is 134 Å². The summed E-state index contributed by atoms with van der Waals surface area (Å²) in [7, 11) is 0. The Kier molecular flexibility index (Phi) is 3.73. The van der Waals surface area contributed by atoms with Crippen molar-refractivity contribution in [3.8, 4) is 5.69 Å². The van der Waals surface area contributed by atoms with E-state index in [4.69, 9.17) is 4.74 Å². The Morgan fingerprint density at radius 1 is 1.26 bits per heavy atom. The van der Waals surface area contributed by atoms with E-state index in [2.05, 4.69) is 15.4 Å². The third-order valence-electron chi connectivity index (χ3n) is 3.06. The minimum absolute atomic E-state index is 0.475. The normalized spacial score (nSPS) is 11.4. The van der Waals surface area contributed by atoms with E-state index in [9.17, 15) is 4.79 Å². The van der Waals surface area contributed by atoms with Crippen LogP contribution in [0.1, 0.15) is 20.8 Å². The number of hydrogen-bond donors (Lipinski definition) is 1. The molecule has 1 aromatic carbocycles. The van der Waals surface area contributed by atoms with E-state index >= 15 is 0 Å². The molecule has 6 heteroatoms. The molecule has 0 bridgehead atoms. The zero-order chi connectivity index (χ0) is 16.4. The van der Waals surface area contributed by atoms with Crippen LogP contribution in [-0.4, -0.2) is 26.5 Å². The van der Waals surface area contributed by atoms with E-state index in [0.29, 0.717) is 5.69 Å². The van der Waals surface area contributed by atoms with Crippen LogP contribution >= 0.6 is 0 Å². The van der Waals surface area contributed by atoms with Crippen molar-refractivity contribution in [2.75, 3.05) is 5.32 Å². The average Bonchev–Trinajstić information content (AvgIpc) is 2.89. The second-order valence-corrected chi connectivity index (χ2v) is 6.19. The summed E-state index contributed by atoms with van der Waals surface area (Å²) >= 11 is 0. The van der Waals surface area contributed by atoms with Gasteiger partial charge in [-0.25, -0.2) is 9.48 Å². The molecular weight excluding hydrogens is 292 g/mol. The lowest BCUT2D eigenvalue weighted by molar-refractivity contribution is 0.0636. The molecule has 0 atom stereocenters. The first-order valence-corrected chi connectivity index (χ1v) is 7.30. The summed E-state index contributed by atoms with van der Waals surface area (Å²) in [6.07, 6.45) is 4.88. The minimum atomic E-state index is -0.528. The minimum Gasteiger partial charge on any atom is -0.444 e. The number of hydrogen-bond acceptors (Lipinski definition) is 4. The highest BCUT2D eigenvalue weighted by Gasteiger charge is 2.16. The lowest BCUT2D eigenvalue weighted by Crippen LogP contribution is -2.27. The molecule has 2 heterocycles. The number of carbonyl (C=O) groups excluding carboxylic acids is 1. The summed E-state index contributed by atoms with van der Waals surface area (Å²) in [5.74, 6) is 0. The van der Waals surface area contributed by atoms with Crippen molar-refractivity contribution in [2.45, 2.75) is 26.4 Å². The van der Waals surface area contributed by atoms with E-state index in [0.717, 1.165) is 16.6 Å². The second kappa shape index (κ2) is 5.72. The van der Waals surface area contributed by atoms with Crippen molar-refractivity contribution >= 4 is 22.7 Å². The van der Waals surface area contributed by atoms with Crippen molar-refractivity contribution in [2.24, 2.45) is 0 Å². The summed E-state index contributed by atoms with van der Waals surface area (Å²) in [5, 5.41) is 8.14. The van der Waals surface area contributed by atoms with Gasteiger partial charge in [0, 0.05) is 23.5 Å². The molecule has 0 aliphatic rings. The molecule has 23 heavy (non-hydrogen) atoms. The Morgan fingerprint density at radius 2 is 2.09 bits per heavy atom. The van der Waals surface area contributed by atoms with Crippen molar-refractivity contribution < 1.29 is 9.53 Å². The zero-order valence-corrected chi connectivity index (χ0v) is 13.3. The highest BCUT2D eigenvalue weighted by Crippen LogP contribution is 2.20. The number of pyridine rings is 1. The van der Waals surface area contributed by atoms with Crippen LogP contribution in [-0.2, 0) is 4.74 Å². The molecule has 6 nitrogen and oxygen atoms in total. The monoisotopic (exact) mass is 310 g/mol. The van der Waals surface area contributed by atoms with Crippen LogP contribution in [0.15, 0.2) is 48.9 Å². The molecule has 0 saturated heterocycles. The topological polar surface area (TPSA) is 69.0 Å². The fraction of sp³-hybridized carbons (Fsp3) is 0.235. The number of carbonyl (C=O) groups is 1. The highest BCUT2D eigenvalue weighted by atomic mass is 16.6. The van der Waals surface area contributed by atoms with Crippen molar-refractivity contribution in [1.82, 2.24) is 14.8 Å². The molecule has 3 aromatic rings. The van der Waals surface area contributed by atoms with Crippen LogP contribution < -0.4 is 5.32 Å². The van der Waals surface area contributed by atoms with E-state index in [1.807, 2.05) is 51.2 Å². The Bertz CT molecular complexity index is 835. The van der Waals surface area contributed by atoms with Crippen LogP contribution in [0.3, 0.4) is 0 Å². The van der Waals surface area contributed by atoms with Gasteiger partial charge in [0.2, 0.25) is 0 Å². The van der Waals surface area contributed by atoms with Crippen LogP contribution in [0.2, 0.25) is 0 Å². The zero-order valence-electron chi connectivity index (χ0n) is 13.3. The smallest absolute Gasteiger partial charge is 0.412 e. The first-order valence-electron chi connectivity index (χ1n) is 7.30. The number of nitrogens with zero attached hydrogens (tertiary/aromatic N) is 3. The molecule has 0 spiro atoms. The van der Waals surface area contributed by atoms with Gasteiger partial charge in [0.1, 0.15) is 5.60 Å². The number of ether oxygens (including phenoxy) is 1. The number of aromatic nitrogens is 3. The van der Waals surface area contributed by atoms with Gasteiger partial charge in [-0.05, 0) is 51.1 Å². The summed E-state index contributed by atoms with van der Waals surface area (Å²) in [5.41, 5.74) is 1.85. The first-order chi connectivity index (χ1) is 10.9. The molecule has 2 aromatic heterocycles. The Balaban J connectivity index is 1.84. The van der Waals surface area contributed by atoms with Gasteiger partial charge in [-0.3, -0.25) is 10.3 Å². The molecule has 0 aliphatic heterocycles. The lowest BCUT2D eigenvalue weighted by Gasteiger charge is -2.19. The molecule has 0 aliphatic carbocycles. The molecule has 1 amide bonds. The Hall–Kier alpha value is -2.89. The standard InChI is InChI=1S/C17H18N4O2/c1-17(2,3)23-16(22)19-13-6-7-15-12(9-13)11-21(20-15)14-5-4-8-18-10-14/h4-11H,1-3H3,(H,19,22). The summed E-state index contributed by atoms with van der Waals surface area (Å²) in [6, 6.07) is 9.30. The SMILES string of the molecule is CC(C)(C)OC(=O)Nc1ccc2nn(-c3cccnc3)cc2c1. The molecular formula is C17H18N4O2. The first kappa shape index (κ1) is 15.0. The number of rotatable bonds is 2. The Morgan fingerprint density at radius 3 is 2.78 bits per heavy atom. The van der Waals surface area contributed by atoms with Crippen molar-refractivity contribution in [1.29, 1.82) is 0 Å². The molecule has 0 fully saturated rings. The van der Waals surface area contributed by atoms with Gasteiger partial charge in [0.25, 0.3) is 0 Å². The molecule has 0 unspecified atom stereocenters. The van der Waals surface area contributed by atoms with E-state index in [1.54, 1.807) is 23.1 Å². The van der Waals surface area contributed by atoms with Gasteiger partial charge >= 0.3 is 6.09 Å². The summed E-state index contributed by atoms with van der Waals surface area (Å²) < 4.78 is 7.01. The predicted molar refractivity (Wildman–Crippen MR) is 88.7 cm³/mol. The largest absolute Gasteiger partial charge is 0.444 e. The number of nitrogens with one attached hydrogen (secondary N) is 1. The fourth-order valence-electron chi connectivity index (χ4n) is 2.15. The van der Waals surface area contributed by atoms with Gasteiger partial charge in [0.15, 0.2) is 0 Å². The second-order valence-electron chi connectivity index (χ2n) is 6.19. The maximum Gasteiger partial charge on any atom is 0.412 e. The summed E-state index contributed by atoms with van der Waals surface area (Å²) in [6.45, 7) is 5.48. The quantitative estimate of drug-likeness (QED) is 0.782. The lowest BCUT2D eigenvalue weighted by atomic mass is 10.2. The van der Waals surface area contributed by atoms with Crippen LogP contribution in [0.5, 0.6) is 0 Å². The number of benzene rings is 1. The molecule has 1 N–H and O–H groups in total.